The molecule has 1 aliphatic heterocycles. The summed E-state index contributed by atoms with van der Waals surface area (Å²) in [5.74, 6) is 2.96. The van der Waals surface area contributed by atoms with E-state index in [2.05, 4.69) is 22.5 Å². The summed E-state index contributed by atoms with van der Waals surface area (Å²) in [6, 6.07) is 5.93. The quantitative estimate of drug-likeness (QED) is 0.185. The van der Waals surface area contributed by atoms with Crippen molar-refractivity contribution in [3.05, 3.63) is 23.8 Å². The van der Waals surface area contributed by atoms with Gasteiger partial charge in [0, 0.05) is 39.5 Å². The molecule has 30 heavy (non-hydrogen) atoms. The summed E-state index contributed by atoms with van der Waals surface area (Å²) in [6.07, 6.45) is 3.18. The van der Waals surface area contributed by atoms with Crippen LogP contribution in [0.2, 0.25) is 0 Å². The minimum Gasteiger partial charge on any atom is -0.493 e. The van der Waals surface area contributed by atoms with Crippen molar-refractivity contribution in [2.24, 2.45) is 10.9 Å². The van der Waals surface area contributed by atoms with Gasteiger partial charge in [0.25, 0.3) is 0 Å². The molecule has 1 aromatic rings. The minimum absolute atomic E-state index is 0. The molecular weight excluding hydrogens is 497 g/mol. The molecule has 1 saturated heterocycles. The largest absolute Gasteiger partial charge is 0.493 e. The summed E-state index contributed by atoms with van der Waals surface area (Å²) in [4.78, 5) is 4.67. The van der Waals surface area contributed by atoms with Crippen molar-refractivity contribution in [3.8, 4) is 11.5 Å². The maximum atomic E-state index is 5.82. The Balaban J connectivity index is 0.00000450. The van der Waals surface area contributed by atoms with Crippen molar-refractivity contribution in [2.45, 2.75) is 39.7 Å². The van der Waals surface area contributed by atoms with Gasteiger partial charge in [0.15, 0.2) is 17.5 Å². The zero-order valence-electron chi connectivity index (χ0n) is 18.6. The Kier molecular flexibility index (Phi) is 14.7. The highest BCUT2D eigenvalue weighted by atomic mass is 127. The van der Waals surface area contributed by atoms with Crippen molar-refractivity contribution in [1.82, 2.24) is 10.6 Å². The highest BCUT2D eigenvalue weighted by molar-refractivity contribution is 14.0. The lowest BCUT2D eigenvalue weighted by molar-refractivity contribution is 0.0203. The van der Waals surface area contributed by atoms with E-state index in [0.29, 0.717) is 19.1 Å². The van der Waals surface area contributed by atoms with Crippen LogP contribution in [0.4, 0.5) is 0 Å². The Labute approximate surface area is 198 Å². The molecule has 1 aromatic carbocycles. The number of hydrogen-bond acceptors (Lipinski definition) is 5. The number of aliphatic imine (C=N–C) groups is 1. The van der Waals surface area contributed by atoms with Crippen LogP contribution in [-0.4, -0.2) is 59.2 Å². The summed E-state index contributed by atoms with van der Waals surface area (Å²) < 4.78 is 22.2. The van der Waals surface area contributed by atoms with Gasteiger partial charge in [-0.25, -0.2) is 4.99 Å². The number of ether oxygens (including phenoxy) is 4. The first-order chi connectivity index (χ1) is 14.3. The number of rotatable bonds is 12. The van der Waals surface area contributed by atoms with Crippen LogP contribution in [0, 0.1) is 5.92 Å². The van der Waals surface area contributed by atoms with E-state index in [1.54, 1.807) is 7.11 Å². The fourth-order valence-corrected chi connectivity index (χ4v) is 3.14. The molecule has 172 valence electrons. The van der Waals surface area contributed by atoms with Gasteiger partial charge in [-0.3, -0.25) is 0 Å². The van der Waals surface area contributed by atoms with Crippen LogP contribution in [0.3, 0.4) is 0 Å². The predicted molar refractivity (Wildman–Crippen MR) is 131 cm³/mol. The lowest BCUT2D eigenvalue weighted by atomic mass is 10.0. The topological polar surface area (TPSA) is 73.3 Å². The van der Waals surface area contributed by atoms with Crippen molar-refractivity contribution in [3.63, 3.8) is 0 Å². The van der Waals surface area contributed by atoms with Crippen LogP contribution in [0.1, 0.15) is 38.7 Å². The molecule has 0 radical (unpaired) electrons. The fraction of sp³-hybridized carbons (Fsp3) is 0.682. The number of nitrogens with one attached hydrogen (secondary N) is 2. The summed E-state index contributed by atoms with van der Waals surface area (Å²) in [5, 5.41) is 6.66. The van der Waals surface area contributed by atoms with Crippen molar-refractivity contribution >= 4 is 29.9 Å². The lowest BCUT2D eigenvalue weighted by Crippen LogP contribution is -2.38. The second-order valence-corrected chi connectivity index (χ2v) is 7.02. The Morgan fingerprint density at radius 1 is 1.17 bits per heavy atom. The van der Waals surface area contributed by atoms with Gasteiger partial charge < -0.3 is 29.6 Å². The summed E-state index contributed by atoms with van der Waals surface area (Å²) in [5.41, 5.74) is 1.07. The van der Waals surface area contributed by atoms with E-state index in [4.69, 9.17) is 18.9 Å². The maximum Gasteiger partial charge on any atom is 0.191 e. The Bertz CT molecular complexity index is 610. The minimum atomic E-state index is 0. The highest BCUT2D eigenvalue weighted by Gasteiger charge is 2.13. The van der Waals surface area contributed by atoms with Gasteiger partial charge in [-0.15, -0.1) is 24.0 Å². The first kappa shape index (κ1) is 26.8. The average Bonchev–Trinajstić information content (AvgIpc) is 2.76. The first-order valence-electron chi connectivity index (χ1n) is 10.7. The van der Waals surface area contributed by atoms with E-state index < -0.39 is 0 Å². The number of nitrogens with zero attached hydrogens (tertiary/aromatic N) is 1. The molecule has 1 aliphatic rings. The van der Waals surface area contributed by atoms with E-state index in [1.807, 2.05) is 25.1 Å². The molecule has 0 atom stereocenters. The molecule has 0 amide bonds. The van der Waals surface area contributed by atoms with E-state index >= 15 is 0 Å². The fourth-order valence-electron chi connectivity index (χ4n) is 3.14. The van der Waals surface area contributed by atoms with Gasteiger partial charge >= 0.3 is 0 Å². The number of hydrogen-bond donors (Lipinski definition) is 2. The molecular formula is C22H38IN3O4. The molecule has 1 heterocycles. The van der Waals surface area contributed by atoms with Crippen LogP contribution in [0.25, 0.3) is 0 Å². The third-order valence-electron chi connectivity index (χ3n) is 4.74. The third kappa shape index (κ3) is 10.2. The maximum absolute atomic E-state index is 5.82. The molecule has 1 fully saturated rings. The number of halogens is 1. The van der Waals surface area contributed by atoms with E-state index in [0.717, 1.165) is 81.8 Å². The van der Waals surface area contributed by atoms with Crippen LogP contribution in [0.5, 0.6) is 11.5 Å². The molecule has 0 saturated carbocycles. The normalized spacial score (nSPS) is 14.7. The van der Waals surface area contributed by atoms with Crippen molar-refractivity contribution in [1.29, 1.82) is 0 Å². The molecule has 2 rings (SSSR count). The van der Waals surface area contributed by atoms with E-state index in [9.17, 15) is 0 Å². The van der Waals surface area contributed by atoms with Crippen LogP contribution >= 0.6 is 24.0 Å². The molecule has 7 nitrogen and oxygen atoms in total. The standard InChI is InChI=1S/C22H37N3O4.HI/c1-4-23-22(24-11-6-12-28-17-18-9-13-27-14-10-18)25-16-19-7-8-20(29-5-2)21(15-19)26-3;/h7-8,15,18H,4-6,9-14,16-17H2,1-3H3,(H2,23,24,25);1H. The van der Waals surface area contributed by atoms with Crippen LogP contribution in [0.15, 0.2) is 23.2 Å². The van der Waals surface area contributed by atoms with Crippen LogP contribution in [-0.2, 0) is 16.0 Å². The molecule has 0 spiro atoms. The molecule has 0 aliphatic carbocycles. The van der Waals surface area contributed by atoms with Gasteiger partial charge in [0.2, 0.25) is 0 Å². The van der Waals surface area contributed by atoms with Crippen LogP contribution < -0.4 is 20.1 Å². The number of guanidine groups is 1. The van der Waals surface area contributed by atoms with Crippen molar-refractivity contribution < 1.29 is 18.9 Å². The SMILES string of the molecule is CCNC(=NCc1ccc(OCC)c(OC)c1)NCCCOCC1CCOCC1.I. The van der Waals surface area contributed by atoms with Gasteiger partial charge in [0.05, 0.1) is 20.3 Å². The first-order valence-corrected chi connectivity index (χ1v) is 10.7. The summed E-state index contributed by atoms with van der Waals surface area (Å²) in [6.45, 7) is 10.2. The zero-order chi connectivity index (χ0) is 20.7. The smallest absolute Gasteiger partial charge is 0.191 e. The Morgan fingerprint density at radius 2 is 1.97 bits per heavy atom. The molecule has 0 bridgehead atoms. The van der Waals surface area contributed by atoms with Gasteiger partial charge in [-0.2, -0.15) is 0 Å². The predicted octanol–water partition coefficient (Wildman–Crippen LogP) is 3.60. The summed E-state index contributed by atoms with van der Waals surface area (Å²) in [7, 11) is 1.65. The summed E-state index contributed by atoms with van der Waals surface area (Å²) >= 11 is 0. The Hall–Kier alpha value is -1.26. The lowest BCUT2D eigenvalue weighted by Gasteiger charge is -2.21. The average molecular weight is 535 g/mol. The Morgan fingerprint density at radius 3 is 2.67 bits per heavy atom. The highest BCUT2D eigenvalue weighted by Crippen LogP contribution is 2.28. The second-order valence-electron chi connectivity index (χ2n) is 7.02. The van der Waals surface area contributed by atoms with E-state index in [-0.39, 0.29) is 24.0 Å². The molecule has 0 unspecified atom stereocenters. The van der Waals surface area contributed by atoms with Gasteiger partial charge in [-0.1, -0.05) is 6.07 Å². The molecule has 0 aromatic heterocycles. The number of benzene rings is 1. The molecule has 2 N–H and O–H groups in total. The second kappa shape index (κ2) is 16.4. The van der Waals surface area contributed by atoms with Crippen molar-refractivity contribution in [2.75, 3.05) is 53.2 Å². The number of methoxy groups -OCH3 is 1. The zero-order valence-corrected chi connectivity index (χ0v) is 20.9. The van der Waals surface area contributed by atoms with E-state index in [1.165, 1.54) is 0 Å². The van der Waals surface area contributed by atoms with Gasteiger partial charge in [0.1, 0.15) is 0 Å². The third-order valence-corrected chi connectivity index (χ3v) is 4.74. The monoisotopic (exact) mass is 535 g/mol. The molecule has 8 heteroatoms. The van der Waals surface area contributed by atoms with Gasteiger partial charge in [-0.05, 0) is 56.7 Å².